The molecule has 0 unspecified atom stereocenters. The number of aromatic amines is 2. The van der Waals surface area contributed by atoms with Crippen molar-refractivity contribution in [3.63, 3.8) is 0 Å². The van der Waals surface area contributed by atoms with Crippen molar-refractivity contribution in [3.05, 3.63) is 102 Å². The highest BCUT2D eigenvalue weighted by atomic mass is 35.5. The molecule has 2 N–H and O–H groups in total. The first-order chi connectivity index (χ1) is 28.6. The zero-order valence-electron chi connectivity index (χ0n) is 31.9. The Kier molecular flexibility index (Phi) is 10.5. The van der Waals surface area contributed by atoms with Crippen LogP contribution < -0.4 is 14.5 Å². The van der Waals surface area contributed by atoms with Gasteiger partial charge in [-0.05, 0) is 73.2 Å². The molecule has 10 rings (SSSR count). The number of rotatable bonds is 7. The Morgan fingerprint density at radius 2 is 1.16 bits per heavy atom. The molecule has 10 heterocycles. The predicted molar refractivity (Wildman–Crippen MR) is 223 cm³/mol. The molecule has 15 nitrogen and oxygen atoms in total. The number of nitrogens with one attached hydrogen (secondary N) is 2. The molecule has 292 valence electrons. The highest BCUT2D eigenvalue weighted by molar-refractivity contribution is 6.32. The van der Waals surface area contributed by atoms with Gasteiger partial charge in [0.1, 0.15) is 39.2 Å². The predicted octanol–water partition coefficient (Wildman–Crippen LogP) is 6.81. The summed E-state index contributed by atoms with van der Waals surface area (Å²) < 4.78 is 16.6. The van der Waals surface area contributed by atoms with E-state index < -0.39 is 0 Å². The molecule has 2 aliphatic heterocycles. The fraction of sp³-hybridized carbons (Fsp3) is 0.238. The van der Waals surface area contributed by atoms with Crippen LogP contribution in [0.25, 0.3) is 66.8 Å². The van der Waals surface area contributed by atoms with Gasteiger partial charge in [0.25, 0.3) is 0 Å². The van der Waals surface area contributed by atoms with Crippen LogP contribution >= 0.6 is 11.6 Å². The number of ether oxygens (including phenoxy) is 3. The van der Waals surface area contributed by atoms with Crippen molar-refractivity contribution < 1.29 is 14.2 Å². The van der Waals surface area contributed by atoms with Crippen LogP contribution in [-0.4, -0.2) is 110 Å². The third kappa shape index (κ3) is 7.38. The Labute approximate surface area is 338 Å². The van der Waals surface area contributed by atoms with Gasteiger partial charge in [-0.3, -0.25) is 20.2 Å². The second kappa shape index (κ2) is 16.5. The fourth-order valence-electron chi connectivity index (χ4n) is 7.29. The first-order valence-electron chi connectivity index (χ1n) is 18.9. The molecule has 2 fully saturated rings. The maximum absolute atomic E-state index is 6.54. The zero-order chi connectivity index (χ0) is 39.4. The van der Waals surface area contributed by atoms with Crippen LogP contribution in [-0.2, 0) is 9.47 Å². The summed E-state index contributed by atoms with van der Waals surface area (Å²) in [5, 5.41) is 16.6. The Bertz CT molecular complexity index is 2680. The maximum atomic E-state index is 6.54. The molecule has 0 saturated carbocycles. The minimum atomic E-state index is 0.477. The first-order valence-corrected chi connectivity index (χ1v) is 19.3. The third-order valence-electron chi connectivity index (χ3n) is 10.1. The van der Waals surface area contributed by atoms with Crippen LogP contribution in [0.15, 0.2) is 91.6 Å². The van der Waals surface area contributed by atoms with E-state index in [4.69, 9.17) is 35.8 Å². The summed E-state index contributed by atoms with van der Waals surface area (Å²) in [6, 6.07) is 19.8. The topological polar surface area (TPSA) is 169 Å². The molecule has 0 radical (unpaired) electrons. The van der Waals surface area contributed by atoms with E-state index in [2.05, 4.69) is 62.3 Å². The van der Waals surface area contributed by atoms with Crippen molar-refractivity contribution in [2.75, 3.05) is 69.5 Å². The number of methoxy groups -OCH3 is 1. The quantitative estimate of drug-likeness (QED) is 0.162. The molecule has 0 aromatic carbocycles. The van der Waals surface area contributed by atoms with E-state index in [1.165, 1.54) is 0 Å². The molecule has 2 aliphatic rings. The molecule has 0 amide bonds. The van der Waals surface area contributed by atoms with Crippen molar-refractivity contribution in [2.45, 2.75) is 6.92 Å². The standard InChI is InChI=1S/C21H19ClN6O.C21H20N6O2/c1-13-2-3-15(21(22)25-13)16-12-18(28-8-10-29-11-9-28)26-19-14(16)4-6-23-20(19)17-5-7-24-27-17;1-28-21-15(3-2-6-23-21)16-13-18(27-9-11-29-12-10-27)25-19-14(16)4-7-22-20(19)17-5-8-24-26-17/h2-7,12H,8-11H2,1H3,(H,24,27);2-8,13H,9-12H2,1H3,(H,24,26). The molecular formula is C42H39ClN12O3. The second-order valence-corrected chi connectivity index (χ2v) is 14.0. The lowest BCUT2D eigenvalue weighted by Crippen LogP contribution is -2.36. The smallest absolute Gasteiger partial charge is 0.221 e. The van der Waals surface area contributed by atoms with Crippen LogP contribution in [0.5, 0.6) is 5.88 Å². The van der Waals surface area contributed by atoms with E-state index in [0.717, 1.165) is 110 Å². The Hall–Kier alpha value is -6.55. The van der Waals surface area contributed by atoms with Gasteiger partial charge in [0.05, 0.1) is 44.9 Å². The summed E-state index contributed by atoms with van der Waals surface area (Å²) >= 11 is 6.54. The highest BCUT2D eigenvalue weighted by Gasteiger charge is 2.22. The Morgan fingerprint density at radius 3 is 1.66 bits per heavy atom. The number of halogens is 1. The number of morpholine rings is 2. The highest BCUT2D eigenvalue weighted by Crippen LogP contribution is 2.39. The van der Waals surface area contributed by atoms with E-state index in [1.54, 1.807) is 38.1 Å². The molecule has 0 bridgehead atoms. The van der Waals surface area contributed by atoms with Gasteiger partial charge in [0, 0.05) is 90.3 Å². The Morgan fingerprint density at radius 1 is 0.603 bits per heavy atom. The van der Waals surface area contributed by atoms with Crippen LogP contribution in [0.3, 0.4) is 0 Å². The van der Waals surface area contributed by atoms with Gasteiger partial charge in [-0.2, -0.15) is 10.2 Å². The van der Waals surface area contributed by atoms with Gasteiger partial charge in [-0.25, -0.2) is 19.9 Å². The number of pyridine rings is 6. The lowest BCUT2D eigenvalue weighted by atomic mass is 10.0. The van der Waals surface area contributed by atoms with Crippen LogP contribution in [0.1, 0.15) is 5.69 Å². The van der Waals surface area contributed by atoms with Crippen LogP contribution in [0.2, 0.25) is 5.15 Å². The average molecular weight is 795 g/mol. The van der Waals surface area contributed by atoms with Gasteiger partial charge >= 0.3 is 0 Å². The molecule has 8 aromatic heterocycles. The molecule has 58 heavy (non-hydrogen) atoms. The monoisotopic (exact) mass is 794 g/mol. The van der Waals surface area contributed by atoms with E-state index >= 15 is 0 Å². The summed E-state index contributed by atoms with van der Waals surface area (Å²) in [5.41, 5.74) is 9.43. The van der Waals surface area contributed by atoms with Gasteiger partial charge in [-0.15, -0.1) is 0 Å². The normalized spacial score (nSPS) is 14.4. The van der Waals surface area contributed by atoms with E-state index in [-0.39, 0.29) is 0 Å². The van der Waals surface area contributed by atoms with Gasteiger partial charge in [0.2, 0.25) is 5.88 Å². The number of hydrogen-bond donors (Lipinski definition) is 2. The number of aryl methyl sites for hydroxylation is 1. The minimum Gasteiger partial charge on any atom is -0.481 e. The summed E-state index contributed by atoms with van der Waals surface area (Å²) in [4.78, 5) is 32.5. The van der Waals surface area contributed by atoms with Crippen molar-refractivity contribution in [2.24, 2.45) is 0 Å². The van der Waals surface area contributed by atoms with Crippen molar-refractivity contribution in [1.29, 1.82) is 0 Å². The molecule has 2 saturated heterocycles. The largest absolute Gasteiger partial charge is 0.481 e. The Balaban J connectivity index is 0.000000150. The van der Waals surface area contributed by atoms with Crippen molar-refractivity contribution in [1.82, 2.24) is 50.3 Å². The van der Waals surface area contributed by atoms with E-state index in [9.17, 15) is 0 Å². The summed E-state index contributed by atoms with van der Waals surface area (Å²) in [5.74, 6) is 2.34. The lowest BCUT2D eigenvalue weighted by molar-refractivity contribution is 0.122. The van der Waals surface area contributed by atoms with Crippen LogP contribution in [0.4, 0.5) is 11.6 Å². The van der Waals surface area contributed by atoms with Gasteiger partial charge in [-0.1, -0.05) is 11.6 Å². The van der Waals surface area contributed by atoms with Crippen molar-refractivity contribution >= 4 is 45.0 Å². The molecule has 0 atom stereocenters. The van der Waals surface area contributed by atoms with Gasteiger partial charge < -0.3 is 24.0 Å². The molecule has 8 aromatic rings. The minimum absolute atomic E-state index is 0.477. The second-order valence-electron chi connectivity index (χ2n) is 13.7. The lowest BCUT2D eigenvalue weighted by Gasteiger charge is -2.28. The average Bonchev–Trinajstić information content (AvgIpc) is 4.03. The first kappa shape index (κ1) is 37.1. The maximum Gasteiger partial charge on any atom is 0.221 e. The molecule has 16 heteroatoms. The zero-order valence-corrected chi connectivity index (χ0v) is 32.6. The number of hydrogen-bond acceptors (Lipinski definition) is 13. The number of aromatic nitrogens is 10. The third-order valence-corrected chi connectivity index (χ3v) is 10.4. The van der Waals surface area contributed by atoms with Crippen LogP contribution in [0, 0.1) is 6.92 Å². The van der Waals surface area contributed by atoms with Gasteiger partial charge in [0.15, 0.2) is 0 Å². The molecular weight excluding hydrogens is 756 g/mol. The number of fused-ring (bicyclic) bond motifs is 2. The number of H-pyrrole nitrogens is 2. The van der Waals surface area contributed by atoms with Crippen molar-refractivity contribution in [3.8, 4) is 50.9 Å². The van der Waals surface area contributed by atoms with E-state index in [0.29, 0.717) is 37.5 Å². The molecule has 0 spiro atoms. The summed E-state index contributed by atoms with van der Waals surface area (Å²) in [7, 11) is 1.63. The SMILES string of the molecule is COc1ncccc1-c1cc(N2CCOCC2)nc2c(-c3ccn[nH]3)nccc12.Cc1ccc(-c2cc(N3CCOCC3)nc3c(-c4ccn[nH]4)nccc23)c(Cl)n1. The molecule has 0 aliphatic carbocycles. The number of nitrogens with zero attached hydrogens (tertiary/aromatic N) is 10. The fourth-order valence-corrected chi connectivity index (χ4v) is 7.58. The number of anilines is 2. The summed E-state index contributed by atoms with van der Waals surface area (Å²) in [6.07, 6.45) is 8.73. The van der Waals surface area contributed by atoms with E-state index in [1.807, 2.05) is 55.5 Å². The summed E-state index contributed by atoms with van der Waals surface area (Å²) in [6.45, 7) is 7.83.